The molecule has 0 saturated heterocycles. The highest BCUT2D eigenvalue weighted by molar-refractivity contribution is 6.29. The SMILES string of the molecule is O=C(O)c1ccn2c(Cl)cnc2n1. The fourth-order valence-corrected chi connectivity index (χ4v) is 1.14. The molecule has 0 unspecified atom stereocenters. The molecule has 66 valence electrons. The van der Waals surface area contributed by atoms with Gasteiger partial charge < -0.3 is 5.11 Å². The molecule has 0 aliphatic rings. The van der Waals surface area contributed by atoms with Gasteiger partial charge in [-0.3, -0.25) is 4.40 Å². The van der Waals surface area contributed by atoms with Gasteiger partial charge in [0.05, 0.1) is 6.20 Å². The fourth-order valence-electron chi connectivity index (χ4n) is 0.961. The smallest absolute Gasteiger partial charge is 0.354 e. The van der Waals surface area contributed by atoms with E-state index < -0.39 is 5.97 Å². The monoisotopic (exact) mass is 197 g/mol. The summed E-state index contributed by atoms with van der Waals surface area (Å²) in [4.78, 5) is 18.1. The van der Waals surface area contributed by atoms with Gasteiger partial charge in [-0.15, -0.1) is 0 Å². The Kier molecular flexibility index (Phi) is 1.66. The van der Waals surface area contributed by atoms with Crippen LogP contribution < -0.4 is 0 Å². The average molecular weight is 198 g/mol. The van der Waals surface area contributed by atoms with Crippen LogP contribution in [0, 0.1) is 0 Å². The van der Waals surface area contributed by atoms with E-state index >= 15 is 0 Å². The van der Waals surface area contributed by atoms with Gasteiger partial charge >= 0.3 is 5.97 Å². The Balaban J connectivity index is 2.70. The maximum atomic E-state index is 10.5. The second-order valence-corrected chi connectivity index (χ2v) is 2.76. The van der Waals surface area contributed by atoms with E-state index in [2.05, 4.69) is 9.97 Å². The lowest BCUT2D eigenvalue weighted by molar-refractivity contribution is 0.0690. The summed E-state index contributed by atoms with van der Waals surface area (Å²) >= 11 is 5.72. The first-order valence-electron chi connectivity index (χ1n) is 3.41. The molecule has 0 aromatic carbocycles. The van der Waals surface area contributed by atoms with Crippen molar-refractivity contribution >= 4 is 23.3 Å². The third kappa shape index (κ3) is 1.23. The minimum Gasteiger partial charge on any atom is -0.477 e. The van der Waals surface area contributed by atoms with Gasteiger partial charge in [0, 0.05) is 6.20 Å². The van der Waals surface area contributed by atoms with E-state index in [1.165, 1.54) is 22.9 Å². The number of carboxylic acids is 1. The highest BCUT2D eigenvalue weighted by Gasteiger charge is 2.07. The molecule has 0 amide bonds. The van der Waals surface area contributed by atoms with Crippen molar-refractivity contribution in [2.75, 3.05) is 0 Å². The van der Waals surface area contributed by atoms with Crippen molar-refractivity contribution in [3.8, 4) is 0 Å². The van der Waals surface area contributed by atoms with Crippen molar-refractivity contribution in [3.05, 3.63) is 29.3 Å². The first kappa shape index (κ1) is 8.00. The lowest BCUT2D eigenvalue weighted by Crippen LogP contribution is -2.02. The predicted molar refractivity (Wildman–Crippen MR) is 45.0 cm³/mol. The number of nitrogens with zero attached hydrogens (tertiary/aromatic N) is 3. The van der Waals surface area contributed by atoms with Gasteiger partial charge in [0.1, 0.15) is 5.15 Å². The minimum atomic E-state index is -1.08. The quantitative estimate of drug-likeness (QED) is 0.743. The molecule has 2 heterocycles. The number of aromatic carboxylic acids is 1. The molecular formula is C7H4ClN3O2. The Hall–Kier alpha value is -1.62. The molecular weight excluding hydrogens is 194 g/mol. The number of fused-ring (bicyclic) bond motifs is 1. The molecule has 2 aromatic heterocycles. The topological polar surface area (TPSA) is 67.5 Å². The van der Waals surface area contributed by atoms with Gasteiger partial charge in [-0.05, 0) is 6.07 Å². The van der Waals surface area contributed by atoms with Gasteiger partial charge in [-0.2, -0.15) is 0 Å². The molecule has 0 saturated carbocycles. The van der Waals surface area contributed by atoms with Gasteiger partial charge in [0.2, 0.25) is 5.78 Å². The number of carboxylic acid groups (broad SMARTS) is 1. The van der Waals surface area contributed by atoms with E-state index in [0.717, 1.165) is 0 Å². The Morgan fingerprint density at radius 3 is 3.08 bits per heavy atom. The van der Waals surface area contributed by atoms with E-state index in [-0.39, 0.29) is 11.5 Å². The van der Waals surface area contributed by atoms with Crippen LogP contribution in [0.4, 0.5) is 0 Å². The molecule has 0 aliphatic heterocycles. The molecule has 0 radical (unpaired) electrons. The fraction of sp³-hybridized carbons (Fsp3) is 0. The zero-order valence-corrected chi connectivity index (χ0v) is 7.06. The third-order valence-electron chi connectivity index (χ3n) is 1.55. The van der Waals surface area contributed by atoms with Gasteiger partial charge in [0.15, 0.2) is 5.69 Å². The molecule has 0 atom stereocenters. The minimum absolute atomic E-state index is 0.0465. The number of carbonyl (C=O) groups is 1. The maximum Gasteiger partial charge on any atom is 0.354 e. The Morgan fingerprint density at radius 2 is 2.38 bits per heavy atom. The third-order valence-corrected chi connectivity index (χ3v) is 1.83. The van der Waals surface area contributed by atoms with Crippen molar-refractivity contribution in [2.24, 2.45) is 0 Å². The van der Waals surface area contributed by atoms with E-state index in [9.17, 15) is 4.79 Å². The summed E-state index contributed by atoms with van der Waals surface area (Å²) in [5.74, 6) is -0.800. The van der Waals surface area contributed by atoms with Gasteiger partial charge in [-0.25, -0.2) is 14.8 Å². The van der Waals surface area contributed by atoms with Crippen LogP contribution >= 0.6 is 11.6 Å². The van der Waals surface area contributed by atoms with E-state index in [1.807, 2.05) is 0 Å². The van der Waals surface area contributed by atoms with Crippen molar-refractivity contribution < 1.29 is 9.90 Å². The number of hydrogen-bond acceptors (Lipinski definition) is 3. The first-order chi connectivity index (χ1) is 6.18. The van der Waals surface area contributed by atoms with Crippen LogP contribution in [0.15, 0.2) is 18.5 Å². The van der Waals surface area contributed by atoms with Crippen molar-refractivity contribution in [1.29, 1.82) is 0 Å². The van der Waals surface area contributed by atoms with E-state index in [4.69, 9.17) is 16.7 Å². The molecule has 2 aromatic rings. The average Bonchev–Trinajstić information content (AvgIpc) is 2.47. The van der Waals surface area contributed by atoms with Crippen molar-refractivity contribution in [2.45, 2.75) is 0 Å². The molecule has 5 nitrogen and oxygen atoms in total. The number of imidazole rings is 1. The second kappa shape index (κ2) is 2.70. The highest BCUT2D eigenvalue weighted by Crippen LogP contribution is 2.10. The zero-order chi connectivity index (χ0) is 9.42. The summed E-state index contributed by atoms with van der Waals surface area (Å²) in [6.45, 7) is 0. The van der Waals surface area contributed by atoms with Crippen LogP contribution in [0.1, 0.15) is 10.5 Å². The van der Waals surface area contributed by atoms with Crippen LogP contribution in [-0.4, -0.2) is 25.4 Å². The maximum absolute atomic E-state index is 10.5. The molecule has 2 rings (SSSR count). The molecule has 6 heteroatoms. The number of hydrogen-bond donors (Lipinski definition) is 1. The summed E-state index contributed by atoms with van der Waals surface area (Å²) in [5.41, 5.74) is -0.0465. The van der Waals surface area contributed by atoms with E-state index in [1.54, 1.807) is 0 Å². The molecule has 0 bridgehead atoms. The lowest BCUT2D eigenvalue weighted by atomic mass is 10.4. The molecule has 13 heavy (non-hydrogen) atoms. The standard InChI is InChI=1S/C7H4ClN3O2/c8-5-3-9-7-10-4(6(12)13)1-2-11(5)7/h1-3H,(H,12,13). The zero-order valence-electron chi connectivity index (χ0n) is 6.31. The molecule has 0 spiro atoms. The summed E-state index contributed by atoms with van der Waals surface area (Å²) in [6, 6.07) is 1.36. The lowest BCUT2D eigenvalue weighted by Gasteiger charge is -1.95. The van der Waals surface area contributed by atoms with Crippen LogP contribution in [0.3, 0.4) is 0 Å². The van der Waals surface area contributed by atoms with E-state index in [0.29, 0.717) is 5.15 Å². The second-order valence-electron chi connectivity index (χ2n) is 2.37. The van der Waals surface area contributed by atoms with Gasteiger partial charge in [0.25, 0.3) is 0 Å². The predicted octanol–water partition coefficient (Wildman–Crippen LogP) is 1.08. The summed E-state index contributed by atoms with van der Waals surface area (Å²) in [5, 5.41) is 9.02. The van der Waals surface area contributed by atoms with Crippen LogP contribution in [0.5, 0.6) is 0 Å². The Labute approximate surface area is 77.6 Å². The summed E-state index contributed by atoms with van der Waals surface area (Å²) < 4.78 is 1.49. The van der Waals surface area contributed by atoms with Crippen LogP contribution in [0.25, 0.3) is 5.78 Å². The summed E-state index contributed by atoms with van der Waals surface area (Å²) in [7, 11) is 0. The van der Waals surface area contributed by atoms with Crippen LogP contribution in [0.2, 0.25) is 5.15 Å². The number of aromatic nitrogens is 3. The number of rotatable bonds is 1. The normalized spacial score (nSPS) is 10.5. The van der Waals surface area contributed by atoms with Crippen LogP contribution in [-0.2, 0) is 0 Å². The Morgan fingerprint density at radius 1 is 1.62 bits per heavy atom. The van der Waals surface area contributed by atoms with Crippen molar-refractivity contribution in [1.82, 2.24) is 14.4 Å². The van der Waals surface area contributed by atoms with Gasteiger partial charge in [-0.1, -0.05) is 11.6 Å². The number of halogens is 1. The molecule has 0 fully saturated rings. The molecule has 0 aliphatic carbocycles. The Bertz CT molecular complexity index is 480. The summed E-state index contributed by atoms with van der Waals surface area (Å²) in [6.07, 6.45) is 2.93. The highest BCUT2D eigenvalue weighted by atomic mass is 35.5. The van der Waals surface area contributed by atoms with Crippen molar-refractivity contribution in [3.63, 3.8) is 0 Å². The first-order valence-corrected chi connectivity index (χ1v) is 3.79. The molecule has 1 N–H and O–H groups in total. The largest absolute Gasteiger partial charge is 0.477 e.